The molecule has 1 aliphatic rings. The summed E-state index contributed by atoms with van der Waals surface area (Å²) >= 11 is 0. The van der Waals surface area contributed by atoms with Gasteiger partial charge in [0.25, 0.3) is 0 Å². The molecule has 1 atom stereocenters. The van der Waals surface area contributed by atoms with Crippen molar-refractivity contribution < 1.29 is 13.7 Å². The van der Waals surface area contributed by atoms with E-state index >= 15 is 0 Å². The first-order valence-electron chi connectivity index (χ1n) is 5.28. The lowest BCUT2D eigenvalue weighted by Gasteiger charge is -2.20. The van der Waals surface area contributed by atoms with Crippen LogP contribution in [0.25, 0.3) is 0 Å². The number of halogens is 1. The van der Waals surface area contributed by atoms with Gasteiger partial charge in [-0.25, -0.2) is 4.39 Å². The third-order valence-electron chi connectivity index (χ3n) is 2.79. The Labute approximate surface area is 98.8 Å². The van der Waals surface area contributed by atoms with E-state index < -0.39 is 7.80 Å². The van der Waals surface area contributed by atoms with Crippen molar-refractivity contribution in [2.45, 2.75) is 6.92 Å². The van der Waals surface area contributed by atoms with Crippen LogP contribution in [-0.4, -0.2) is 0 Å². The Hall–Kier alpha value is -1.60. The largest absolute Gasteiger partial charge is 0.456 e. The summed E-state index contributed by atoms with van der Waals surface area (Å²) in [7, 11) is -2.17. The summed E-state index contributed by atoms with van der Waals surface area (Å²) in [6, 6.07) is 9.68. The van der Waals surface area contributed by atoms with Crippen molar-refractivity contribution in [1.82, 2.24) is 0 Å². The van der Waals surface area contributed by atoms with Gasteiger partial charge in [0.15, 0.2) is 0 Å². The van der Waals surface area contributed by atoms with Gasteiger partial charge in [-0.05, 0) is 37.3 Å². The molecule has 2 aromatic carbocycles. The van der Waals surface area contributed by atoms with Crippen LogP contribution in [0.5, 0.6) is 11.5 Å². The summed E-state index contributed by atoms with van der Waals surface area (Å²) in [6.07, 6.45) is 0. The van der Waals surface area contributed by atoms with Gasteiger partial charge >= 0.3 is 0 Å². The Morgan fingerprint density at radius 3 is 2.47 bits per heavy atom. The van der Waals surface area contributed by atoms with E-state index in [4.69, 9.17) is 4.74 Å². The molecule has 1 aliphatic heterocycles. The molecule has 0 saturated heterocycles. The molecule has 2 nitrogen and oxygen atoms in total. The second-order valence-electron chi connectivity index (χ2n) is 4.07. The Balaban J connectivity index is 2.21. The second kappa shape index (κ2) is 3.71. The quantitative estimate of drug-likeness (QED) is 0.572. The number of fused-ring (bicyclic) bond motifs is 2. The number of hydrogen-bond acceptors (Lipinski definition) is 2. The molecule has 0 N–H and O–H groups in total. The molecule has 0 radical (unpaired) electrons. The Kier molecular flexibility index (Phi) is 2.30. The van der Waals surface area contributed by atoms with Gasteiger partial charge in [0.05, 0.1) is 10.6 Å². The highest BCUT2D eigenvalue weighted by Crippen LogP contribution is 2.37. The number of rotatable bonds is 0. The maximum absolute atomic E-state index is 13.1. The molecule has 0 amide bonds. The minimum absolute atomic E-state index is 0.387. The first kappa shape index (κ1) is 10.5. The minimum Gasteiger partial charge on any atom is -0.456 e. The SMILES string of the molecule is Cc1ccc2c(c1)[PH](=O)c1cc(F)ccc1O2. The molecule has 1 heterocycles. The normalized spacial score (nSPS) is 16.9. The minimum atomic E-state index is -2.17. The molecule has 0 saturated carbocycles. The predicted octanol–water partition coefficient (Wildman–Crippen LogP) is 2.75. The number of aryl methyl sites for hydroxylation is 1. The van der Waals surface area contributed by atoms with Crippen molar-refractivity contribution >= 4 is 18.4 Å². The number of ether oxygens (including phenoxy) is 1. The smallest absolute Gasteiger partial charge is 0.139 e. The van der Waals surface area contributed by atoms with Gasteiger partial charge in [-0.3, -0.25) is 0 Å². The summed E-state index contributed by atoms with van der Waals surface area (Å²) < 4.78 is 31.1. The third-order valence-corrected chi connectivity index (χ3v) is 4.55. The van der Waals surface area contributed by atoms with Crippen molar-refractivity contribution in [3.8, 4) is 11.5 Å². The van der Waals surface area contributed by atoms with Crippen molar-refractivity contribution in [3.63, 3.8) is 0 Å². The summed E-state index contributed by atoms with van der Waals surface area (Å²) in [5.41, 5.74) is 1.02. The van der Waals surface area contributed by atoms with E-state index in [2.05, 4.69) is 0 Å². The van der Waals surface area contributed by atoms with E-state index in [-0.39, 0.29) is 5.82 Å². The zero-order valence-corrected chi connectivity index (χ0v) is 10.2. The zero-order chi connectivity index (χ0) is 12.0. The van der Waals surface area contributed by atoms with Crippen molar-refractivity contribution in [2.24, 2.45) is 0 Å². The molecular formula is C13H10FO2P. The molecule has 0 fully saturated rings. The number of benzene rings is 2. The molecular weight excluding hydrogens is 238 g/mol. The number of hydrogen-bond donors (Lipinski definition) is 0. The van der Waals surface area contributed by atoms with E-state index in [1.54, 1.807) is 6.07 Å². The second-order valence-corrected chi connectivity index (χ2v) is 5.81. The predicted molar refractivity (Wildman–Crippen MR) is 65.9 cm³/mol. The molecule has 0 spiro atoms. The Bertz CT molecular complexity index is 584. The highest BCUT2D eigenvalue weighted by molar-refractivity contribution is 7.62. The van der Waals surface area contributed by atoms with Crippen LogP contribution in [0.15, 0.2) is 36.4 Å². The lowest BCUT2D eigenvalue weighted by atomic mass is 10.2. The summed E-state index contributed by atoms with van der Waals surface area (Å²) in [4.78, 5) is 0. The average Bonchev–Trinajstić information content (AvgIpc) is 2.32. The van der Waals surface area contributed by atoms with Crippen LogP contribution in [0.1, 0.15) is 5.56 Å². The van der Waals surface area contributed by atoms with Crippen LogP contribution < -0.4 is 15.3 Å². The van der Waals surface area contributed by atoms with Crippen molar-refractivity contribution in [3.05, 3.63) is 47.8 Å². The van der Waals surface area contributed by atoms with Crippen LogP contribution in [-0.2, 0) is 4.57 Å². The zero-order valence-electron chi connectivity index (χ0n) is 9.16. The first-order chi connectivity index (χ1) is 8.15. The first-order valence-corrected chi connectivity index (χ1v) is 6.69. The molecule has 17 heavy (non-hydrogen) atoms. The van der Waals surface area contributed by atoms with Crippen LogP contribution >= 0.6 is 7.80 Å². The molecule has 86 valence electrons. The van der Waals surface area contributed by atoms with Crippen molar-refractivity contribution in [2.75, 3.05) is 0 Å². The fourth-order valence-electron chi connectivity index (χ4n) is 1.94. The standard InChI is InChI=1S/C13H10FO2P/c1-8-2-4-10-12(6-8)17(15)13-7-9(14)3-5-11(13)16-10/h2-7,17H,1H3. The van der Waals surface area contributed by atoms with Crippen LogP contribution in [0, 0.1) is 12.7 Å². The van der Waals surface area contributed by atoms with E-state index in [0.29, 0.717) is 22.1 Å². The maximum Gasteiger partial charge on any atom is 0.139 e. The van der Waals surface area contributed by atoms with Crippen LogP contribution in [0.2, 0.25) is 0 Å². The van der Waals surface area contributed by atoms with Gasteiger partial charge in [-0.2, -0.15) is 0 Å². The highest BCUT2D eigenvalue weighted by Gasteiger charge is 2.23. The lowest BCUT2D eigenvalue weighted by Crippen LogP contribution is -2.18. The fourth-order valence-corrected chi connectivity index (χ4v) is 3.58. The lowest BCUT2D eigenvalue weighted by molar-refractivity contribution is 0.484. The molecule has 3 rings (SSSR count). The van der Waals surface area contributed by atoms with Gasteiger partial charge in [0, 0.05) is 0 Å². The fraction of sp³-hybridized carbons (Fsp3) is 0.0769. The summed E-state index contributed by atoms with van der Waals surface area (Å²) in [5, 5.41) is 1.14. The Morgan fingerprint density at radius 2 is 1.71 bits per heavy atom. The van der Waals surface area contributed by atoms with E-state index in [1.165, 1.54) is 18.2 Å². The molecule has 0 bridgehead atoms. The van der Waals surface area contributed by atoms with Crippen LogP contribution in [0.4, 0.5) is 4.39 Å². The molecule has 0 aliphatic carbocycles. The summed E-state index contributed by atoms with van der Waals surface area (Å²) in [6.45, 7) is 1.93. The third kappa shape index (κ3) is 1.67. The van der Waals surface area contributed by atoms with E-state index in [9.17, 15) is 8.96 Å². The van der Waals surface area contributed by atoms with Gasteiger partial charge in [0.1, 0.15) is 25.1 Å². The topological polar surface area (TPSA) is 26.3 Å². The van der Waals surface area contributed by atoms with E-state index in [1.807, 2.05) is 19.1 Å². The Morgan fingerprint density at radius 1 is 1.06 bits per heavy atom. The van der Waals surface area contributed by atoms with Gasteiger partial charge in [-0.15, -0.1) is 0 Å². The highest BCUT2D eigenvalue weighted by atomic mass is 31.1. The molecule has 1 unspecified atom stereocenters. The molecule has 4 heteroatoms. The average molecular weight is 248 g/mol. The van der Waals surface area contributed by atoms with Crippen LogP contribution in [0.3, 0.4) is 0 Å². The van der Waals surface area contributed by atoms with Crippen molar-refractivity contribution in [1.29, 1.82) is 0 Å². The van der Waals surface area contributed by atoms with Gasteiger partial charge in [0.2, 0.25) is 0 Å². The van der Waals surface area contributed by atoms with Gasteiger partial charge in [-0.1, -0.05) is 11.6 Å². The maximum atomic E-state index is 13.1. The molecule has 2 aromatic rings. The van der Waals surface area contributed by atoms with E-state index in [0.717, 1.165) is 5.56 Å². The summed E-state index contributed by atoms with van der Waals surface area (Å²) in [5.74, 6) is 0.715. The monoisotopic (exact) mass is 248 g/mol. The molecule has 0 aromatic heterocycles. The van der Waals surface area contributed by atoms with Gasteiger partial charge < -0.3 is 9.30 Å².